The number of nitrogens with one attached hydrogen (secondary N) is 2. The molecule has 4 saturated heterocycles. The summed E-state index contributed by atoms with van der Waals surface area (Å²) in [5.74, 6) is -5.61. The van der Waals surface area contributed by atoms with E-state index in [1.54, 1.807) is 98.0 Å². The van der Waals surface area contributed by atoms with E-state index in [1.165, 1.54) is 24.0 Å². The van der Waals surface area contributed by atoms with Crippen LogP contribution in [0, 0.1) is 0 Å². The Kier molecular flexibility index (Phi) is 17.2. The van der Waals surface area contributed by atoms with Gasteiger partial charge in [0.1, 0.15) is 35.8 Å². The van der Waals surface area contributed by atoms with Gasteiger partial charge in [0.05, 0.1) is 64.8 Å². The highest BCUT2D eigenvalue weighted by Gasteiger charge is 2.74. The number of hydrogen-bond acceptors (Lipinski definition) is 18. The third-order valence-electron chi connectivity index (χ3n) is 15.8. The number of esters is 2. The van der Waals surface area contributed by atoms with Crippen molar-refractivity contribution in [3.8, 4) is 11.5 Å². The van der Waals surface area contributed by atoms with Gasteiger partial charge in [0.15, 0.2) is 11.6 Å². The summed E-state index contributed by atoms with van der Waals surface area (Å²) >= 11 is 0. The Morgan fingerprint density at radius 1 is 0.523 bits per heavy atom. The molecule has 88 heavy (non-hydrogen) atoms. The molecule has 5 aromatic carbocycles. The van der Waals surface area contributed by atoms with Crippen LogP contribution in [-0.2, 0) is 96.2 Å². The van der Waals surface area contributed by atoms with Gasteiger partial charge >= 0.3 is 11.9 Å². The molecule has 0 radical (unpaired) electrons. The molecular formula is C64H68N10O14. The summed E-state index contributed by atoms with van der Waals surface area (Å²) in [5.41, 5.74) is 0.636. The largest absolute Gasteiger partial charge is 0.497 e. The maximum absolute atomic E-state index is 14.6. The number of anilines is 2. The summed E-state index contributed by atoms with van der Waals surface area (Å²) in [4.78, 5) is 88.8. The Hall–Kier alpha value is -9.36. The van der Waals surface area contributed by atoms with E-state index in [0.29, 0.717) is 47.4 Å². The number of methoxy groups -OCH3 is 2. The third-order valence-corrected chi connectivity index (χ3v) is 15.8. The summed E-state index contributed by atoms with van der Waals surface area (Å²) in [6.45, 7) is 7.81. The van der Waals surface area contributed by atoms with E-state index in [2.05, 4.69) is 31.3 Å². The lowest BCUT2D eigenvalue weighted by atomic mass is 9.76. The zero-order valence-corrected chi connectivity index (χ0v) is 49.5. The molecule has 2 N–H and O–H groups in total. The number of aryl methyl sites for hydroxylation is 2. The smallest absolute Gasteiger partial charge is 0.307 e. The number of ether oxygens (including phenoxy) is 8. The number of benzene rings is 5. The minimum absolute atomic E-state index is 0.0230. The van der Waals surface area contributed by atoms with Crippen LogP contribution in [0.2, 0.25) is 0 Å². The van der Waals surface area contributed by atoms with Crippen LogP contribution in [0.1, 0.15) is 74.2 Å². The topological polar surface area (TPSA) is 268 Å². The Labute approximate surface area is 507 Å². The van der Waals surface area contributed by atoms with Crippen LogP contribution in [0.4, 0.5) is 11.4 Å². The second kappa shape index (κ2) is 25.2. The van der Waals surface area contributed by atoms with Crippen LogP contribution in [0.3, 0.4) is 0 Å². The molecule has 0 unspecified atom stereocenters. The first-order valence-electron chi connectivity index (χ1n) is 28.9. The lowest BCUT2D eigenvalue weighted by molar-refractivity contribution is -0.196. The zero-order chi connectivity index (χ0) is 61.8. The van der Waals surface area contributed by atoms with Gasteiger partial charge in [-0.1, -0.05) is 95.4 Å². The lowest BCUT2D eigenvalue weighted by Gasteiger charge is -2.54. The Morgan fingerprint density at radius 3 is 1.24 bits per heavy atom. The Morgan fingerprint density at radius 2 is 0.898 bits per heavy atom. The monoisotopic (exact) mass is 1200 g/mol. The summed E-state index contributed by atoms with van der Waals surface area (Å²) in [7, 11) is 3.06. The van der Waals surface area contributed by atoms with E-state index in [4.69, 9.17) is 37.9 Å². The van der Waals surface area contributed by atoms with Crippen molar-refractivity contribution < 1.29 is 66.7 Å². The van der Waals surface area contributed by atoms with E-state index < -0.39 is 82.6 Å². The molecule has 11 rings (SSSR count). The van der Waals surface area contributed by atoms with Crippen LogP contribution < -0.4 is 29.9 Å². The van der Waals surface area contributed by atoms with Crippen molar-refractivity contribution in [2.45, 2.75) is 127 Å². The summed E-state index contributed by atoms with van der Waals surface area (Å²) in [6, 6.07) is 37.4. The molecule has 0 bridgehead atoms. The van der Waals surface area contributed by atoms with Gasteiger partial charge in [0.25, 0.3) is 34.8 Å². The van der Waals surface area contributed by atoms with Gasteiger partial charge in [0.2, 0.25) is 0 Å². The maximum atomic E-state index is 14.6. The van der Waals surface area contributed by atoms with Gasteiger partial charge in [-0.05, 0) is 98.5 Å². The third kappa shape index (κ3) is 12.6. The number of carbonyl (C=O) groups is 6. The first-order chi connectivity index (χ1) is 42.4. The number of β-lactam (4-membered cyclic amide) rings is 2. The molecule has 458 valence electrons. The molecular weight excluding hydrogens is 1130 g/mol. The van der Waals surface area contributed by atoms with Gasteiger partial charge in [-0.3, -0.25) is 38.6 Å². The fourth-order valence-corrected chi connectivity index (χ4v) is 11.4. The van der Waals surface area contributed by atoms with Gasteiger partial charge in [-0.15, -0.1) is 10.2 Å². The van der Waals surface area contributed by atoms with E-state index >= 15 is 0 Å². The summed E-state index contributed by atoms with van der Waals surface area (Å²) in [5, 5.41) is 22.9. The number of aromatic nitrogens is 6. The average Bonchev–Trinajstić information content (AvgIpc) is 1.13. The van der Waals surface area contributed by atoms with Crippen molar-refractivity contribution in [2.75, 3.05) is 37.2 Å². The summed E-state index contributed by atoms with van der Waals surface area (Å²) < 4.78 is 50.5. The average molecular weight is 1200 g/mol. The van der Waals surface area contributed by atoms with Crippen molar-refractivity contribution in [2.24, 2.45) is 0 Å². The molecule has 4 aliphatic rings. The molecule has 7 aromatic rings. The molecule has 0 saturated carbocycles. The van der Waals surface area contributed by atoms with Gasteiger partial charge in [-0.2, -0.15) is 0 Å². The van der Waals surface area contributed by atoms with Crippen molar-refractivity contribution >= 4 is 46.9 Å². The highest BCUT2D eigenvalue weighted by molar-refractivity contribution is 6.24. The summed E-state index contributed by atoms with van der Waals surface area (Å²) in [6.07, 6.45) is 1.47. The van der Waals surface area contributed by atoms with Crippen molar-refractivity contribution in [3.05, 3.63) is 179 Å². The highest BCUT2D eigenvalue weighted by Crippen LogP contribution is 2.47. The molecule has 0 spiro atoms. The van der Waals surface area contributed by atoms with Crippen molar-refractivity contribution in [1.29, 1.82) is 0 Å². The zero-order valence-electron chi connectivity index (χ0n) is 49.5. The number of amides is 4. The van der Waals surface area contributed by atoms with Crippen LogP contribution >= 0.6 is 0 Å². The fourth-order valence-electron chi connectivity index (χ4n) is 11.4. The highest BCUT2D eigenvalue weighted by atomic mass is 16.8. The van der Waals surface area contributed by atoms with Crippen LogP contribution in [-0.4, -0.2) is 140 Å². The Bertz CT molecular complexity index is 3420. The predicted octanol–water partition coefficient (Wildman–Crippen LogP) is 5.18. The van der Waals surface area contributed by atoms with Crippen molar-refractivity contribution in [1.82, 2.24) is 40.6 Å². The number of nitrogens with zero attached hydrogens (tertiary/aromatic N) is 8. The number of hydrogen-bond donors (Lipinski definition) is 2. The quantitative estimate of drug-likeness (QED) is 0.0448. The molecule has 24 nitrogen and oxygen atoms in total. The standard InChI is InChI=1S/C64H68N10O14/c1-61(2)83-39-51(85-61)55-63(57(77)65-33-41-13-9-7-10-14-41,59(79)73(55)47-23-27-49(81-5)28-24-47)87-53(75)31-21-45-37-71(69-67-45)35-43-17-19-44(20-18-43)36-72-38-46(68-70-72)22-32-54(76)88-64(58(78)66-34-42-15-11-8-12-16-42)56(52-40-84-62(3,4)86-52)74(60(64)80)48-25-29-50(82-6)30-26-48/h7-20,23-30,37-38,51-52,55-56H,21-22,31-36,39-40H2,1-6H3,(H,65,77)(H,66,78)/t51-,52-,55+,56+,63+,64+/m1/s1. The minimum atomic E-state index is -2.29. The first kappa shape index (κ1) is 60.3. The molecule has 24 heteroatoms. The molecule has 4 aliphatic heterocycles. The van der Waals surface area contributed by atoms with E-state index in [-0.39, 0.29) is 52.0 Å². The lowest BCUT2D eigenvalue weighted by Crippen LogP contribution is -2.83. The maximum Gasteiger partial charge on any atom is 0.307 e. The minimum Gasteiger partial charge on any atom is -0.497 e. The fraction of sp³-hybridized carbons (Fsp3) is 0.375. The van der Waals surface area contributed by atoms with E-state index in [9.17, 15) is 28.8 Å². The van der Waals surface area contributed by atoms with Crippen LogP contribution in [0.15, 0.2) is 146 Å². The van der Waals surface area contributed by atoms with Crippen molar-refractivity contribution in [3.63, 3.8) is 0 Å². The van der Waals surface area contributed by atoms with Gasteiger partial charge in [0, 0.05) is 49.7 Å². The first-order valence-corrected chi connectivity index (χ1v) is 28.9. The van der Waals surface area contributed by atoms with E-state index in [0.717, 1.165) is 22.3 Å². The number of rotatable bonds is 24. The van der Waals surface area contributed by atoms with Gasteiger partial charge < -0.3 is 48.5 Å². The molecule has 6 heterocycles. The Balaban J connectivity index is 0.709. The SMILES string of the molecule is COc1ccc(N2C(=O)[C@@](OC(=O)CCc3cn(Cc4ccc(Cn5cc(CCC(=O)O[C@@]6(C(=O)NCc7ccccc7)C(=O)N(c7ccc(OC)cc7)[C@H]6[C@H]6COC(C)(C)O6)nn5)cc4)nn3)(C(=O)NCc3ccccc3)[C@@H]2[C@H]2COC(C)(C)O2)cc1. The molecule has 6 atom stereocenters. The second-order valence-corrected chi connectivity index (χ2v) is 22.8. The molecule has 0 aliphatic carbocycles. The van der Waals surface area contributed by atoms with Gasteiger partial charge in [-0.25, -0.2) is 9.36 Å². The molecule has 2 aromatic heterocycles. The molecule has 4 fully saturated rings. The normalized spacial score (nSPS) is 22.5. The van der Waals surface area contributed by atoms with E-state index in [1.807, 2.05) is 84.9 Å². The second-order valence-electron chi connectivity index (χ2n) is 22.8. The van der Waals surface area contributed by atoms with Crippen LogP contribution in [0.5, 0.6) is 11.5 Å². The number of carbonyl (C=O) groups excluding carboxylic acids is 6. The van der Waals surface area contributed by atoms with Crippen LogP contribution in [0.25, 0.3) is 0 Å². The predicted molar refractivity (Wildman–Crippen MR) is 314 cm³/mol. The molecule has 4 amide bonds.